The van der Waals surface area contributed by atoms with E-state index in [9.17, 15) is 19.2 Å². The number of benzene rings is 3. The van der Waals surface area contributed by atoms with Gasteiger partial charge in [-0.2, -0.15) is 0 Å². The van der Waals surface area contributed by atoms with Crippen molar-refractivity contribution >= 4 is 35.1 Å². The molecule has 2 atom stereocenters. The highest BCUT2D eigenvalue weighted by Crippen LogP contribution is 2.45. The second-order valence-corrected chi connectivity index (χ2v) is 15.8. The number of carbonyl (C=O) groups is 4. The smallest absolute Gasteiger partial charge is 0.338 e. The zero-order valence-corrected chi connectivity index (χ0v) is 34.2. The predicted octanol–water partition coefficient (Wildman–Crippen LogP) is 4.93. The highest BCUT2D eigenvalue weighted by molar-refractivity contribution is 6.04. The number of likely N-dealkylation sites (tertiary alicyclic amines) is 2. The van der Waals surface area contributed by atoms with Crippen molar-refractivity contribution < 1.29 is 42.9 Å². The normalized spacial score (nSPS) is 19.4. The van der Waals surface area contributed by atoms with Gasteiger partial charge in [0, 0.05) is 92.3 Å². The molecule has 0 bridgehead atoms. The lowest BCUT2D eigenvalue weighted by Crippen LogP contribution is -2.64. The molecular weight excluding hydrogens is 767 g/mol. The van der Waals surface area contributed by atoms with Crippen LogP contribution in [0.3, 0.4) is 0 Å². The van der Waals surface area contributed by atoms with Gasteiger partial charge >= 0.3 is 12.0 Å². The number of para-hydroxylation sites is 1. The molecule has 14 nitrogen and oxygen atoms in total. The van der Waals surface area contributed by atoms with E-state index < -0.39 is 5.97 Å². The number of methoxy groups -OCH3 is 1. The summed E-state index contributed by atoms with van der Waals surface area (Å²) in [5.74, 6) is 1.37. The van der Waals surface area contributed by atoms with E-state index in [0.29, 0.717) is 88.0 Å². The van der Waals surface area contributed by atoms with E-state index in [-0.39, 0.29) is 48.1 Å². The van der Waals surface area contributed by atoms with Crippen LogP contribution in [0.1, 0.15) is 56.7 Å². The lowest BCUT2D eigenvalue weighted by atomic mass is 9.85. The summed E-state index contributed by atoms with van der Waals surface area (Å²) in [6.07, 6.45) is 8.05. The number of nitrogens with zero attached hydrogens (tertiary/aromatic N) is 3. The van der Waals surface area contributed by atoms with E-state index in [2.05, 4.69) is 16.7 Å². The third-order valence-electron chi connectivity index (χ3n) is 11.5. The number of nitrogens with one attached hydrogen (secondary N) is 2. The molecule has 4 heterocycles. The second-order valence-electron chi connectivity index (χ2n) is 15.8. The molecule has 314 valence electrons. The molecule has 4 aliphatic heterocycles. The van der Waals surface area contributed by atoms with Crippen LogP contribution in [-0.4, -0.2) is 120 Å². The number of carbonyl (C=O) groups excluding carboxylic acids is 4. The number of ether oxygens (including phenoxy) is 5. The van der Waals surface area contributed by atoms with Crippen molar-refractivity contribution in [3.63, 3.8) is 0 Å². The first-order chi connectivity index (χ1) is 29.2. The Morgan fingerprint density at radius 1 is 1.00 bits per heavy atom. The molecule has 4 amide bonds. The summed E-state index contributed by atoms with van der Waals surface area (Å²) in [7, 11) is 5.28. The first kappa shape index (κ1) is 40.7. The van der Waals surface area contributed by atoms with Crippen LogP contribution >= 0.6 is 0 Å². The number of amides is 4. The molecule has 0 aromatic heterocycles. The van der Waals surface area contributed by atoms with Gasteiger partial charge in [-0.3, -0.25) is 9.59 Å². The first-order valence-corrected chi connectivity index (χ1v) is 20.5. The van der Waals surface area contributed by atoms with Crippen LogP contribution in [0.4, 0.5) is 10.5 Å². The highest BCUT2D eigenvalue weighted by Gasteiger charge is 2.40. The van der Waals surface area contributed by atoms with E-state index in [1.165, 1.54) is 7.11 Å². The number of anilines is 1. The Balaban J connectivity index is 0.817. The minimum atomic E-state index is -0.545. The highest BCUT2D eigenvalue weighted by atomic mass is 16.5. The van der Waals surface area contributed by atoms with Gasteiger partial charge in [-0.05, 0) is 61.2 Å². The number of hydrogen-bond donors (Lipinski definition) is 2. The van der Waals surface area contributed by atoms with Crippen molar-refractivity contribution in [2.75, 3.05) is 78.6 Å². The van der Waals surface area contributed by atoms with Gasteiger partial charge in [-0.1, -0.05) is 36.4 Å². The molecule has 3 saturated heterocycles. The maximum atomic E-state index is 13.4. The van der Waals surface area contributed by atoms with Gasteiger partial charge in [0.05, 0.1) is 44.6 Å². The largest absolute Gasteiger partial charge is 0.493 e. The number of hydrogen-bond acceptors (Lipinski definition) is 10. The van der Waals surface area contributed by atoms with E-state index in [1.807, 2.05) is 78.5 Å². The zero-order chi connectivity index (χ0) is 41.8. The fourth-order valence-electron chi connectivity index (χ4n) is 8.24. The zero-order valence-electron chi connectivity index (χ0n) is 34.2. The van der Waals surface area contributed by atoms with E-state index in [4.69, 9.17) is 23.7 Å². The number of rotatable bonds is 13. The van der Waals surface area contributed by atoms with Crippen LogP contribution < -0.4 is 25.0 Å². The Morgan fingerprint density at radius 2 is 1.83 bits per heavy atom. The molecule has 0 spiro atoms. The van der Waals surface area contributed by atoms with Gasteiger partial charge in [-0.15, -0.1) is 0 Å². The number of fused-ring (bicyclic) bond motifs is 3. The summed E-state index contributed by atoms with van der Waals surface area (Å²) in [5.41, 5.74) is 5.70. The number of morpholine rings is 1. The van der Waals surface area contributed by atoms with Crippen molar-refractivity contribution in [1.82, 2.24) is 20.4 Å². The van der Waals surface area contributed by atoms with E-state index >= 15 is 0 Å². The number of urea groups is 1. The van der Waals surface area contributed by atoms with Gasteiger partial charge in [0.2, 0.25) is 5.91 Å². The summed E-state index contributed by atoms with van der Waals surface area (Å²) in [4.78, 5) is 57.1. The maximum absolute atomic E-state index is 13.4. The predicted molar refractivity (Wildman–Crippen MR) is 224 cm³/mol. The average molecular weight is 818 g/mol. The van der Waals surface area contributed by atoms with Crippen LogP contribution in [0, 0.1) is 5.92 Å². The molecule has 8 rings (SSSR count). The number of allylic oxidation sites excluding steroid dienone is 3. The average Bonchev–Trinajstić information content (AvgIpc) is 3.25. The Kier molecular flexibility index (Phi) is 12.2. The second kappa shape index (κ2) is 18.0. The third kappa shape index (κ3) is 8.75. The molecule has 5 aliphatic rings. The monoisotopic (exact) mass is 817 g/mol. The van der Waals surface area contributed by atoms with Gasteiger partial charge in [-0.25, -0.2) is 9.59 Å². The molecule has 3 fully saturated rings. The molecule has 3 aromatic carbocycles. The van der Waals surface area contributed by atoms with Crippen molar-refractivity contribution in [3.8, 4) is 11.5 Å². The summed E-state index contributed by atoms with van der Waals surface area (Å²) in [5, 5.41) is 5.91. The Hall–Kier alpha value is -6.12. The summed E-state index contributed by atoms with van der Waals surface area (Å²) >= 11 is 0. The van der Waals surface area contributed by atoms with Crippen molar-refractivity contribution in [2.24, 2.45) is 5.92 Å². The van der Waals surface area contributed by atoms with Crippen LogP contribution in [0.5, 0.6) is 11.5 Å². The quantitative estimate of drug-likeness (QED) is 0.180. The Morgan fingerprint density at radius 3 is 2.67 bits per heavy atom. The van der Waals surface area contributed by atoms with Gasteiger partial charge in [0.15, 0.2) is 0 Å². The van der Waals surface area contributed by atoms with Crippen LogP contribution in [0.2, 0.25) is 0 Å². The summed E-state index contributed by atoms with van der Waals surface area (Å²) in [6.45, 7) is 4.03. The molecular formula is C46H51N5O9. The third-order valence-corrected chi connectivity index (χ3v) is 11.5. The summed E-state index contributed by atoms with van der Waals surface area (Å²) < 4.78 is 29.4. The first-order valence-electron chi connectivity index (χ1n) is 20.5. The molecule has 0 saturated carbocycles. The Labute approximate surface area is 349 Å². The Bertz CT molecular complexity index is 2240. The van der Waals surface area contributed by atoms with Gasteiger partial charge < -0.3 is 49.0 Å². The SMILES string of the molecule is COC(=O)c1cc(C(=O)NCCCOc2ccccc2COCC2CN(C(=O)N3CC[C@@H]4OCC(=O)N[C@@H]4C3)C2)ccc1C1=C2C=CCC=C2Oc2cc(N(C)C)ccc21. The minimum absolute atomic E-state index is 0.00844. The standard InChI is InChI=1S/C46H51N5O9/c1-49(2)32-14-16-35-41(22-32)60-39-12-7-5-10-34(39)43(35)33-15-13-30(21-36(33)45(54)56-3)44(53)47-18-8-20-58-38-11-6-4-9-31(38)27-57-26-29-23-51(24-29)46(55)50-19-17-40-37(25-50)48-42(52)28-59-40/h4-6,9-16,21-22,29,37,40H,7-8,17-20,23-28H2,1-3H3,(H,47,53)(H,48,52)/t37-,40+/m1/s1. The van der Waals surface area contributed by atoms with Crippen molar-refractivity contribution in [1.29, 1.82) is 0 Å². The molecule has 1 aliphatic carbocycles. The van der Waals surface area contributed by atoms with Crippen LogP contribution in [0.15, 0.2) is 90.2 Å². The molecule has 14 heteroatoms. The number of piperidine rings is 1. The lowest BCUT2D eigenvalue weighted by molar-refractivity contribution is -0.139. The van der Waals surface area contributed by atoms with Crippen LogP contribution in [0.25, 0.3) is 5.57 Å². The minimum Gasteiger partial charge on any atom is -0.493 e. The van der Waals surface area contributed by atoms with Crippen molar-refractivity contribution in [2.45, 2.75) is 38.0 Å². The summed E-state index contributed by atoms with van der Waals surface area (Å²) in [6, 6.07) is 18.7. The fourth-order valence-corrected chi connectivity index (χ4v) is 8.24. The van der Waals surface area contributed by atoms with Gasteiger partial charge in [0.25, 0.3) is 5.91 Å². The van der Waals surface area contributed by atoms with Crippen LogP contribution in [-0.2, 0) is 25.6 Å². The molecule has 3 aromatic rings. The van der Waals surface area contributed by atoms with E-state index in [0.717, 1.165) is 40.1 Å². The number of esters is 1. The fraction of sp³-hybridized carbons (Fsp3) is 0.391. The van der Waals surface area contributed by atoms with Gasteiger partial charge in [0.1, 0.15) is 23.9 Å². The maximum Gasteiger partial charge on any atom is 0.338 e. The molecule has 2 N–H and O–H groups in total. The molecule has 0 radical (unpaired) electrons. The molecule has 60 heavy (non-hydrogen) atoms. The topological polar surface area (TPSA) is 148 Å². The van der Waals surface area contributed by atoms with E-state index in [1.54, 1.807) is 23.1 Å². The lowest BCUT2D eigenvalue weighted by Gasteiger charge is -2.46. The molecule has 0 unspecified atom stereocenters. The van der Waals surface area contributed by atoms with Crippen molar-refractivity contribution in [3.05, 3.63) is 118 Å².